The van der Waals surface area contributed by atoms with Crippen LogP contribution in [-0.2, 0) is 14.3 Å². The van der Waals surface area contributed by atoms with Gasteiger partial charge in [0, 0.05) is 16.7 Å². The van der Waals surface area contributed by atoms with E-state index < -0.39 is 35.6 Å². The summed E-state index contributed by atoms with van der Waals surface area (Å²) >= 11 is 0. The summed E-state index contributed by atoms with van der Waals surface area (Å²) in [5, 5.41) is 31.5. The summed E-state index contributed by atoms with van der Waals surface area (Å²) in [6, 6.07) is 0. The number of fused-ring (bicyclic) bond motifs is 4. The molecule has 1 aliphatic heterocycles. The summed E-state index contributed by atoms with van der Waals surface area (Å²) in [4.78, 5) is 24.4. The van der Waals surface area contributed by atoms with E-state index in [1.54, 1.807) is 12.2 Å². The Kier molecular flexibility index (Phi) is 3.53. The predicted octanol–water partition coefficient (Wildman–Crippen LogP) is 0.546. The van der Waals surface area contributed by atoms with Crippen LogP contribution >= 0.6 is 0 Å². The summed E-state index contributed by atoms with van der Waals surface area (Å²) in [5.41, 5.74) is -1.27. The molecule has 3 N–H and O–H groups in total. The van der Waals surface area contributed by atoms with E-state index in [4.69, 9.17) is 4.74 Å². The van der Waals surface area contributed by atoms with Crippen LogP contribution in [0.3, 0.4) is 0 Å². The van der Waals surface area contributed by atoms with Crippen LogP contribution in [-0.4, -0.2) is 57.9 Å². The van der Waals surface area contributed by atoms with E-state index in [-0.39, 0.29) is 29.0 Å². The fourth-order valence-electron chi connectivity index (χ4n) is 7.45. The van der Waals surface area contributed by atoms with Crippen molar-refractivity contribution in [2.45, 2.75) is 50.4 Å². The van der Waals surface area contributed by atoms with Crippen molar-refractivity contribution in [1.29, 1.82) is 0 Å². The zero-order valence-electron chi connectivity index (χ0n) is 15.4. The molecule has 0 aromatic carbocycles. The monoisotopic (exact) mass is 374 g/mol. The van der Waals surface area contributed by atoms with Crippen LogP contribution in [0, 0.1) is 28.6 Å². The Morgan fingerprint density at radius 1 is 1.37 bits per heavy atom. The molecule has 5 rings (SSSR count). The molecule has 1 saturated heterocycles. The molecule has 4 aliphatic carbocycles. The third kappa shape index (κ3) is 1.85. The minimum atomic E-state index is -1.37. The average Bonchev–Trinajstić information content (AvgIpc) is 2.79. The van der Waals surface area contributed by atoms with Gasteiger partial charge in [-0.15, -0.1) is 0 Å². The molecule has 0 amide bonds. The maximum absolute atomic E-state index is 12.6. The van der Waals surface area contributed by atoms with Gasteiger partial charge in [0.2, 0.25) is 0 Å². The number of rotatable bonds is 2. The molecule has 0 aromatic heterocycles. The van der Waals surface area contributed by atoms with Gasteiger partial charge >= 0.3 is 0 Å². The molecule has 3 saturated carbocycles. The minimum absolute atomic E-state index is 0.000986. The number of carbonyl (C=O) groups excluding carboxylic acids is 2. The number of carbonyl (C=O) groups is 2. The van der Waals surface area contributed by atoms with Gasteiger partial charge in [0.1, 0.15) is 6.61 Å². The van der Waals surface area contributed by atoms with E-state index >= 15 is 0 Å². The Bertz CT molecular complexity index is 786. The van der Waals surface area contributed by atoms with Crippen molar-refractivity contribution < 1.29 is 29.6 Å². The zero-order valence-corrected chi connectivity index (χ0v) is 15.4. The lowest BCUT2D eigenvalue weighted by atomic mass is 9.45. The Morgan fingerprint density at radius 2 is 2.15 bits per heavy atom. The lowest BCUT2D eigenvalue weighted by Crippen LogP contribution is -2.74. The van der Waals surface area contributed by atoms with Crippen LogP contribution in [0.4, 0.5) is 0 Å². The molecular formula is C21H26O6. The number of hydrogen-bond donors (Lipinski definition) is 3. The van der Waals surface area contributed by atoms with Gasteiger partial charge in [-0.25, -0.2) is 0 Å². The summed E-state index contributed by atoms with van der Waals surface area (Å²) < 4.78 is 5.70. The molecule has 1 heterocycles. The molecule has 0 aromatic rings. The molecule has 146 valence electrons. The van der Waals surface area contributed by atoms with Gasteiger partial charge < -0.3 is 20.1 Å². The molecule has 0 bridgehead atoms. The fraction of sp³-hybridized carbons (Fsp3) is 0.714. The molecule has 0 radical (unpaired) electrons. The standard InChI is InChI=1S/C21H26O6/c1-19-5-4-12(23)6-11(19)2-3-13-14-7-16(25)21(17(26)9-22)20(14,10-27-21)8-15(24)18(13)19/h4-6,13-16,18,22,24-25H,2-3,7-10H2,1H3/t13-,14?,15-,16+,18?,19-,20+,21-/m0/s1. The van der Waals surface area contributed by atoms with Crippen molar-refractivity contribution in [2.75, 3.05) is 13.2 Å². The first kappa shape index (κ1) is 17.7. The number of allylic oxidation sites excluding steroid dienone is 4. The topological polar surface area (TPSA) is 104 Å². The first-order valence-corrected chi connectivity index (χ1v) is 9.88. The predicted molar refractivity (Wildman–Crippen MR) is 94.5 cm³/mol. The SMILES string of the molecule is C[C@]12C=CC(=O)C=C1CC[C@H]1C3C[C@@H](O)[C@@]4(C(=O)CO)OC[C@]34C[C@H](O)C12. The molecule has 1 spiro atoms. The van der Waals surface area contributed by atoms with Crippen LogP contribution in [0.1, 0.15) is 32.6 Å². The highest BCUT2D eigenvalue weighted by Gasteiger charge is 2.79. The highest BCUT2D eigenvalue weighted by atomic mass is 16.6. The van der Waals surface area contributed by atoms with E-state index in [1.165, 1.54) is 0 Å². The smallest absolute Gasteiger partial charge is 0.193 e. The number of ketones is 2. The molecule has 5 aliphatic rings. The van der Waals surface area contributed by atoms with Gasteiger partial charge in [-0.2, -0.15) is 0 Å². The van der Waals surface area contributed by atoms with Gasteiger partial charge in [0.25, 0.3) is 0 Å². The van der Waals surface area contributed by atoms with Crippen molar-refractivity contribution in [3.05, 3.63) is 23.8 Å². The highest BCUT2D eigenvalue weighted by molar-refractivity contribution is 6.01. The van der Waals surface area contributed by atoms with Crippen LogP contribution in [0.25, 0.3) is 0 Å². The maximum atomic E-state index is 12.6. The quantitative estimate of drug-likeness (QED) is 0.652. The second-order valence-corrected chi connectivity index (χ2v) is 9.31. The minimum Gasteiger partial charge on any atom is -0.393 e. The van der Waals surface area contributed by atoms with Gasteiger partial charge in [-0.3, -0.25) is 9.59 Å². The second-order valence-electron chi connectivity index (χ2n) is 9.31. The zero-order chi connectivity index (χ0) is 19.2. The Balaban J connectivity index is 1.58. The first-order chi connectivity index (χ1) is 12.8. The summed E-state index contributed by atoms with van der Waals surface area (Å²) in [6.07, 6.45) is 6.09. The first-order valence-electron chi connectivity index (χ1n) is 9.88. The average molecular weight is 374 g/mol. The summed E-state index contributed by atoms with van der Waals surface area (Å²) in [7, 11) is 0. The lowest BCUT2D eigenvalue weighted by molar-refractivity contribution is -0.301. The number of aliphatic hydroxyl groups is 3. The number of hydrogen-bond acceptors (Lipinski definition) is 6. The van der Waals surface area contributed by atoms with E-state index in [1.807, 2.05) is 6.08 Å². The Hall–Kier alpha value is -1.34. The van der Waals surface area contributed by atoms with Crippen LogP contribution in [0.5, 0.6) is 0 Å². The molecule has 2 unspecified atom stereocenters. The largest absolute Gasteiger partial charge is 0.393 e. The van der Waals surface area contributed by atoms with Crippen molar-refractivity contribution in [1.82, 2.24) is 0 Å². The van der Waals surface area contributed by atoms with Gasteiger partial charge in [-0.05, 0) is 49.7 Å². The van der Waals surface area contributed by atoms with Crippen molar-refractivity contribution in [3.8, 4) is 0 Å². The molecule has 6 heteroatoms. The highest BCUT2D eigenvalue weighted by Crippen LogP contribution is 2.71. The van der Waals surface area contributed by atoms with E-state index in [0.29, 0.717) is 19.4 Å². The molecule has 6 nitrogen and oxygen atoms in total. The fourth-order valence-corrected chi connectivity index (χ4v) is 7.45. The van der Waals surface area contributed by atoms with Gasteiger partial charge in [0.15, 0.2) is 17.2 Å². The van der Waals surface area contributed by atoms with Crippen LogP contribution in [0.2, 0.25) is 0 Å². The van der Waals surface area contributed by atoms with Crippen molar-refractivity contribution in [3.63, 3.8) is 0 Å². The van der Waals surface area contributed by atoms with Crippen molar-refractivity contribution in [2.24, 2.45) is 28.6 Å². The third-order valence-corrected chi connectivity index (χ3v) is 8.52. The molecule has 8 atom stereocenters. The number of ether oxygens (including phenoxy) is 1. The van der Waals surface area contributed by atoms with E-state index in [0.717, 1.165) is 18.4 Å². The third-order valence-electron chi connectivity index (χ3n) is 8.52. The number of aliphatic hydroxyl groups excluding tert-OH is 3. The Morgan fingerprint density at radius 3 is 2.81 bits per heavy atom. The number of Topliss-reactive ketones (excluding diaryl/α,β-unsaturated/α-hetero) is 1. The second kappa shape index (κ2) is 5.38. The molecule has 27 heavy (non-hydrogen) atoms. The van der Waals surface area contributed by atoms with E-state index in [2.05, 4.69) is 6.92 Å². The molecular weight excluding hydrogens is 348 g/mol. The van der Waals surface area contributed by atoms with Gasteiger partial charge in [0.05, 0.1) is 18.8 Å². The maximum Gasteiger partial charge on any atom is 0.193 e. The Labute approximate surface area is 157 Å². The lowest BCUT2D eigenvalue weighted by Gasteiger charge is -2.65. The summed E-state index contributed by atoms with van der Waals surface area (Å²) in [6.45, 7) is 1.77. The van der Waals surface area contributed by atoms with Crippen LogP contribution in [0.15, 0.2) is 23.8 Å². The van der Waals surface area contributed by atoms with E-state index in [9.17, 15) is 24.9 Å². The van der Waals surface area contributed by atoms with Crippen LogP contribution < -0.4 is 0 Å². The molecule has 4 fully saturated rings. The van der Waals surface area contributed by atoms with Gasteiger partial charge in [-0.1, -0.05) is 18.6 Å². The summed E-state index contributed by atoms with van der Waals surface area (Å²) in [5.74, 6) is -0.320. The normalized spacial score (nSPS) is 52.8. The van der Waals surface area contributed by atoms with Crippen molar-refractivity contribution >= 4 is 11.6 Å².